The number of hydrogen-bond donors (Lipinski definition) is 1. The van der Waals surface area contributed by atoms with Crippen LogP contribution in [0, 0.1) is 0 Å². The number of fused-ring (bicyclic) bond motifs is 1. The summed E-state index contributed by atoms with van der Waals surface area (Å²) >= 11 is 0. The van der Waals surface area contributed by atoms with Crippen molar-refractivity contribution in [3.05, 3.63) is 72.3 Å². The summed E-state index contributed by atoms with van der Waals surface area (Å²) in [4.78, 5) is 12.7. The molecule has 1 saturated heterocycles. The molecule has 4 rings (SSSR count). The number of anilines is 1. The number of ether oxygens (including phenoxy) is 1. The van der Waals surface area contributed by atoms with Gasteiger partial charge in [-0.15, -0.1) is 0 Å². The molecule has 1 aliphatic heterocycles. The molecule has 7 heteroatoms. The van der Waals surface area contributed by atoms with Crippen molar-refractivity contribution in [2.75, 3.05) is 31.6 Å². The highest BCUT2D eigenvalue weighted by Gasteiger charge is 2.26. The van der Waals surface area contributed by atoms with E-state index in [4.69, 9.17) is 4.74 Å². The average molecular weight is 396 g/mol. The highest BCUT2D eigenvalue weighted by molar-refractivity contribution is 7.89. The van der Waals surface area contributed by atoms with E-state index in [2.05, 4.69) is 5.32 Å². The van der Waals surface area contributed by atoms with E-state index in [1.807, 2.05) is 36.4 Å². The third kappa shape index (κ3) is 3.77. The van der Waals surface area contributed by atoms with Crippen molar-refractivity contribution >= 4 is 32.4 Å². The second kappa shape index (κ2) is 7.71. The van der Waals surface area contributed by atoms with Crippen LogP contribution in [0.4, 0.5) is 5.69 Å². The first-order chi connectivity index (χ1) is 13.5. The maximum Gasteiger partial charge on any atom is 0.255 e. The molecular weight excluding hydrogens is 376 g/mol. The van der Waals surface area contributed by atoms with Crippen molar-refractivity contribution in [3.8, 4) is 0 Å². The molecular formula is C21H20N2O4S. The quantitative estimate of drug-likeness (QED) is 0.735. The molecule has 0 aromatic heterocycles. The Morgan fingerprint density at radius 2 is 1.57 bits per heavy atom. The molecule has 0 unspecified atom stereocenters. The second-order valence-corrected chi connectivity index (χ2v) is 8.49. The van der Waals surface area contributed by atoms with Crippen LogP contribution in [0.2, 0.25) is 0 Å². The van der Waals surface area contributed by atoms with Crippen LogP contribution in [0.3, 0.4) is 0 Å². The van der Waals surface area contributed by atoms with Gasteiger partial charge in [-0.05, 0) is 47.2 Å². The Balaban J connectivity index is 1.49. The van der Waals surface area contributed by atoms with E-state index in [0.29, 0.717) is 37.6 Å². The minimum absolute atomic E-state index is 0.207. The highest BCUT2D eigenvalue weighted by atomic mass is 32.2. The van der Waals surface area contributed by atoms with Crippen LogP contribution in [-0.4, -0.2) is 44.9 Å². The Kier molecular flexibility index (Phi) is 5.13. The molecule has 28 heavy (non-hydrogen) atoms. The molecule has 144 valence electrons. The zero-order valence-electron chi connectivity index (χ0n) is 15.2. The lowest BCUT2D eigenvalue weighted by molar-refractivity contribution is 0.0730. The van der Waals surface area contributed by atoms with Crippen molar-refractivity contribution < 1.29 is 17.9 Å². The van der Waals surface area contributed by atoms with E-state index < -0.39 is 10.0 Å². The third-order valence-corrected chi connectivity index (χ3v) is 6.64. The maximum absolute atomic E-state index is 12.6. The van der Waals surface area contributed by atoms with Crippen LogP contribution in [0.25, 0.3) is 10.8 Å². The molecule has 0 spiro atoms. The van der Waals surface area contributed by atoms with Gasteiger partial charge in [0.2, 0.25) is 10.0 Å². The van der Waals surface area contributed by atoms with Crippen molar-refractivity contribution in [1.29, 1.82) is 0 Å². The summed E-state index contributed by atoms with van der Waals surface area (Å²) in [5, 5.41) is 4.87. The van der Waals surface area contributed by atoms with Crippen LogP contribution in [0.15, 0.2) is 71.6 Å². The molecule has 0 bridgehead atoms. The fraction of sp³-hybridized carbons (Fsp3) is 0.190. The van der Waals surface area contributed by atoms with Gasteiger partial charge in [-0.1, -0.05) is 30.3 Å². The Morgan fingerprint density at radius 3 is 2.29 bits per heavy atom. The SMILES string of the molecule is O=C(Nc1ccc(S(=O)(=O)N2CCOCC2)cc1)c1ccc2ccccc2c1. The van der Waals surface area contributed by atoms with Gasteiger partial charge in [0, 0.05) is 24.3 Å². The predicted octanol–water partition coefficient (Wildman–Crippen LogP) is 3.11. The monoisotopic (exact) mass is 396 g/mol. The smallest absolute Gasteiger partial charge is 0.255 e. The lowest BCUT2D eigenvalue weighted by Gasteiger charge is -2.26. The summed E-state index contributed by atoms with van der Waals surface area (Å²) in [6, 6.07) is 19.6. The summed E-state index contributed by atoms with van der Waals surface area (Å²) in [5.74, 6) is -0.241. The van der Waals surface area contributed by atoms with Crippen LogP contribution < -0.4 is 5.32 Å². The van der Waals surface area contributed by atoms with E-state index in [1.54, 1.807) is 18.2 Å². The number of carbonyl (C=O) groups is 1. The number of nitrogens with zero attached hydrogens (tertiary/aromatic N) is 1. The number of amides is 1. The largest absolute Gasteiger partial charge is 0.379 e. The van der Waals surface area contributed by atoms with Crippen molar-refractivity contribution in [3.63, 3.8) is 0 Å². The van der Waals surface area contributed by atoms with E-state index in [0.717, 1.165) is 10.8 Å². The first kappa shape index (κ1) is 18.6. The molecule has 1 aliphatic rings. The van der Waals surface area contributed by atoms with Crippen molar-refractivity contribution in [2.45, 2.75) is 4.90 Å². The minimum atomic E-state index is -3.54. The molecule has 1 N–H and O–H groups in total. The molecule has 1 heterocycles. The number of rotatable bonds is 4. The summed E-state index contributed by atoms with van der Waals surface area (Å²) in [6.45, 7) is 1.50. The van der Waals surface area contributed by atoms with Gasteiger partial charge in [0.05, 0.1) is 18.1 Å². The molecule has 0 atom stereocenters. The second-order valence-electron chi connectivity index (χ2n) is 6.56. The van der Waals surface area contributed by atoms with E-state index >= 15 is 0 Å². The predicted molar refractivity (Wildman–Crippen MR) is 108 cm³/mol. The zero-order chi connectivity index (χ0) is 19.6. The van der Waals surface area contributed by atoms with Crippen LogP contribution in [0.1, 0.15) is 10.4 Å². The van der Waals surface area contributed by atoms with Crippen LogP contribution in [0.5, 0.6) is 0 Å². The lowest BCUT2D eigenvalue weighted by Crippen LogP contribution is -2.40. The third-order valence-electron chi connectivity index (χ3n) is 4.73. The number of morpholine rings is 1. The van der Waals surface area contributed by atoms with E-state index in [9.17, 15) is 13.2 Å². The number of carbonyl (C=O) groups excluding carboxylic acids is 1. The summed E-state index contributed by atoms with van der Waals surface area (Å²) in [5.41, 5.74) is 1.09. The van der Waals surface area contributed by atoms with Gasteiger partial charge in [0.25, 0.3) is 5.91 Å². The van der Waals surface area contributed by atoms with Gasteiger partial charge in [0.1, 0.15) is 0 Å². The summed E-state index contributed by atoms with van der Waals surface area (Å²) < 4.78 is 31.9. The minimum Gasteiger partial charge on any atom is -0.379 e. The molecule has 0 aliphatic carbocycles. The fourth-order valence-corrected chi connectivity index (χ4v) is 4.59. The number of nitrogens with one attached hydrogen (secondary N) is 1. The van der Waals surface area contributed by atoms with Gasteiger partial charge in [-0.3, -0.25) is 4.79 Å². The van der Waals surface area contributed by atoms with Gasteiger partial charge in [-0.2, -0.15) is 4.31 Å². The fourth-order valence-electron chi connectivity index (χ4n) is 3.18. The van der Waals surface area contributed by atoms with E-state index in [-0.39, 0.29) is 10.8 Å². The molecule has 3 aromatic carbocycles. The summed E-state index contributed by atoms with van der Waals surface area (Å²) in [7, 11) is -3.54. The first-order valence-corrected chi connectivity index (χ1v) is 10.5. The molecule has 6 nitrogen and oxygen atoms in total. The highest BCUT2D eigenvalue weighted by Crippen LogP contribution is 2.21. The summed E-state index contributed by atoms with van der Waals surface area (Å²) in [6.07, 6.45) is 0. The van der Waals surface area contributed by atoms with Crippen LogP contribution >= 0.6 is 0 Å². The topological polar surface area (TPSA) is 75.7 Å². The van der Waals surface area contributed by atoms with Gasteiger partial charge in [-0.25, -0.2) is 8.42 Å². The van der Waals surface area contributed by atoms with Crippen LogP contribution in [-0.2, 0) is 14.8 Å². The molecule has 0 radical (unpaired) electrons. The molecule has 0 saturated carbocycles. The Labute approximate surface area is 163 Å². The Bertz CT molecular complexity index is 1100. The molecule has 1 amide bonds. The zero-order valence-corrected chi connectivity index (χ0v) is 16.0. The molecule has 3 aromatic rings. The van der Waals surface area contributed by atoms with Gasteiger partial charge in [0.15, 0.2) is 0 Å². The van der Waals surface area contributed by atoms with Crippen molar-refractivity contribution in [1.82, 2.24) is 4.31 Å². The van der Waals surface area contributed by atoms with Crippen molar-refractivity contribution in [2.24, 2.45) is 0 Å². The number of benzene rings is 3. The Hall–Kier alpha value is -2.74. The number of sulfonamides is 1. The van der Waals surface area contributed by atoms with Gasteiger partial charge >= 0.3 is 0 Å². The number of hydrogen-bond acceptors (Lipinski definition) is 4. The maximum atomic E-state index is 12.6. The Morgan fingerprint density at radius 1 is 0.893 bits per heavy atom. The van der Waals surface area contributed by atoms with Gasteiger partial charge < -0.3 is 10.1 Å². The van der Waals surface area contributed by atoms with E-state index in [1.165, 1.54) is 16.4 Å². The average Bonchev–Trinajstić information content (AvgIpc) is 2.74. The standard InChI is InChI=1S/C21H20N2O4S/c24-21(18-6-5-16-3-1-2-4-17(16)15-18)22-19-7-9-20(10-8-19)28(25,26)23-11-13-27-14-12-23/h1-10,15H,11-14H2,(H,22,24). The first-order valence-electron chi connectivity index (χ1n) is 9.02. The molecule has 1 fully saturated rings. The normalized spacial score (nSPS) is 15.4. The lowest BCUT2D eigenvalue weighted by atomic mass is 10.1.